The van der Waals surface area contributed by atoms with E-state index >= 15 is 0 Å². The van der Waals surface area contributed by atoms with Crippen LogP contribution in [0.4, 0.5) is 10.5 Å². The summed E-state index contributed by atoms with van der Waals surface area (Å²) in [6.07, 6.45) is 3.47. The van der Waals surface area contributed by atoms with E-state index in [0.717, 1.165) is 30.3 Å². The van der Waals surface area contributed by atoms with Crippen molar-refractivity contribution in [2.75, 3.05) is 43.6 Å². The predicted octanol–water partition coefficient (Wildman–Crippen LogP) is 1.11. The smallest absolute Gasteiger partial charge is 0.321 e. The molecule has 1 aromatic heterocycles. The Balaban J connectivity index is 1.84. The van der Waals surface area contributed by atoms with Crippen LogP contribution in [0.5, 0.6) is 0 Å². The molecule has 0 aliphatic carbocycles. The number of hydrogen-bond donors (Lipinski definition) is 1. The fourth-order valence-electron chi connectivity index (χ4n) is 1.70. The van der Waals surface area contributed by atoms with Crippen LogP contribution < -0.4 is 5.32 Å². The number of carbonyl (C=O) groups is 1. The summed E-state index contributed by atoms with van der Waals surface area (Å²) in [6, 6.07) is -0.0402. The van der Waals surface area contributed by atoms with Gasteiger partial charge >= 0.3 is 6.03 Å². The van der Waals surface area contributed by atoms with E-state index in [2.05, 4.69) is 10.4 Å². The first kappa shape index (κ1) is 13.2. The molecule has 2 heterocycles. The highest BCUT2D eigenvalue weighted by Gasteiger charge is 2.16. The Morgan fingerprint density at radius 3 is 3.06 bits per heavy atom. The van der Waals surface area contributed by atoms with Gasteiger partial charge in [-0.15, -0.1) is 0 Å². The van der Waals surface area contributed by atoms with Crippen molar-refractivity contribution in [1.29, 1.82) is 0 Å². The summed E-state index contributed by atoms with van der Waals surface area (Å²) in [5.41, 5.74) is 0.731. The molecule has 0 spiro atoms. The Labute approximate surface area is 111 Å². The van der Waals surface area contributed by atoms with Gasteiger partial charge in [-0.2, -0.15) is 16.9 Å². The van der Waals surface area contributed by atoms with Crippen molar-refractivity contribution in [2.24, 2.45) is 0 Å². The van der Waals surface area contributed by atoms with Crippen LogP contribution in [0.15, 0.2) is 12.4 Å². The van der Waals surface area contributed by atoms with Crippen LogP contribution in [0.25, 0.3) is 0 Å². The fraction of sp³-hybridized carbons (Fsp3) is 0.636. The molecule has 100 valence electrons. The first-order chi connectivity index (χ1) is 8.79. The molecule has 1 N–H and O–H groups in total. The van der Waals surface area contributed by atoms with Crippen molar-refractivity contribution >= 4 is 23.5 Å². The number of anilines is 1. The zero-order valence-corrected chi connectivity index (χ0v) is 11.3. The van der Waals surface area contributed by atoms with Crippen molar-refractivity contribution in [3.63, 3.8) is 0 Å². The number of nitrogens with one attached hydrogen (secondary N) is 1. The largest absolute Gasteiger partial charge is 0.383 e. The third-order valence-electron chi connectivity index (χ3n) is 2.71. The maximum Gasteiger partial charge on any atom is 0.321 e. The number of methoxy groups -OCH3 is 1. The summed E-state index contributed by atoms with van der Waals surface area (Å²) in [5, 5.41) is 7.01. The SMILES string of the molecule is COCCn1cc(NC(=O)N2CCSCC2)cn1. The maximum atomic E-state index is 11.9. The van der Waals surface area contributed by atoms with Gasteiger partial charge in [0.1, 0.15) is 0 Å². The van der Waals surface area contributed by atoms with Crippen LogP contribution in [-0.2, 0) is 11.3 Å². The van der Waals surface area contributed by atoms with Gasteiger partial charge in [-0.25, -0.2) is 4.79 Å². The van der Waals surface area contributed by atoms with Gasteiger partial charge < -0.3 is 15.0 Å². The molecule has 0 atom stereocenters. The lowest BCUT2D eigenvalue weighted by Crippen LogP contribution is -2.40. The van der Waals surface area contributed by atoms with E-state index in [1.807, 2.05) is 22.9 Å². The second-order valence-corrected chi connectivity index (χ2v) is 5.24. The van der Waals surface area contributed by atoms with E-state index in [4.69, 9.17) is 4.74 Å². The number of thioether (sulfide) groups is 1. The van der Waals surface area contributed by atoms with Gasteiger partial charge in [0.05, 0.1) is 25.0 Å². The zero-order chi connectivity index (χ0) is 12.8. The topological polar surface area (TPSA) is 59.4 Å². The summed E-state index contributed by atoms with van der Waals surface area (Å²) < 4.78 is 6.73. The highest BCUT2D eigenvalue weighted by atomic mass is 32.2. The molecule has 18 heavy (non-hydrogen) atoms. The van der Waals surface area contributed by atoms with Gasteiger partial charge in [0.15, 0.2) is 0 Å². The van der Waals surface area contributed by atoms with Crippen LogP contribution in [0.3, 0.4) is 0 Å². The lowest BCUT2D eigenvalue weighted by molar-refractivity contribution is 0.183. The van der Waals surface area contributed by atoms with Gasteiger partial charge in [0.25, 0.3) is 0 Å². The van der Waals surface area contributed by atoms with Crippen molar-refractivity contribution in [2.45, 2.75) is 6.54 Å². The van der Waals surface area contributed by atoms with E-state index < -0.39 is 0 Å². The highest BCUT2D eigenvalue weighted by Crippen LogP contribution is 2.12. The Bertz CT molecular complexity index is 390. The zero-order valence-electron chi connectivity index (χ0n) is 10.5. The number of urea groups is 1. The molecule has 0 bridgehead atoms. The normalized spacial score (nSPS) is 15.7. The van der Waals surface area contributed by atoms with E-state index in [1.54, 1.807) is 18.0 Å². The number of aromatic nitrogens is 2. The average molecular weight is 270 g/mol. The lowest BCUT2D eigenvalue weighted by atomic mass is 10.5. The molecule has 1 aliphatic rings. The first-order valence-electron chi connectivity index (χ1n) is 5.94. The predicted molar refractivity (Wildman–Crippen MR) is 72.0 cm³/mol. The molecule has 0 radical (unpaired) electrons. The summed E-state index contributed by atoms with van der Waals surface area (Å²) in [6.45, 7) is 2.92. The molecular formula is C11H18N4O2S. The Morgan fingerprint density at radius 2 is 2.33 bits per heavy atom. The molecule has 2 amide bonds. The first-order valence-corrected chi connectivity index (χ1v) is 7.10. The third kappa shape index (κ3) is 3.64. The minimum Gasteiger partial charge on any atom is -0.383 e. The van der Waals surface area contributed by atoms with Crippen LogP contribution >= 0.6 is 11.8 Å². The number of rotatable bonds is 4. The van der Waals surface area contributed by atoms with Crippen molar-refractivity contribution in [3.8, 4) is 0 Å². The third-order valence-corrected chi connectivity index (χ3v) is 3.65. The maximum absolute atomic E-state index is 11.9. The van der Waals surface area contributed by atoms with Crippen LogP contribution in [-0.4, -0.2) is 59.0 Å². The number of carbonyl (C=O) groups excluding carboxylic acids is 1. The fourth-order valence-corrected chi connectivity index (χ4v) is 2.61. The van der Waals surface area contributed by atoms with E-state index in [9.17, 15) is 4.79 Å². The molecule has 1 aliphatic heterocycles. The van der Waals surface area contributed by atoms with Gasteiger partial charge in [-0.3, -0.25) is 4.68 Å². The summed E-state index contributed by atoms with van der Waals surface area (Å²) in [5.74, 6) is 2.03. The molecule has 1 aromatic rings. The van der Waals surface area contributed by atoms with Crippen molar-refractivity contribution in [1.82, 2.24) is 14.7 Å². The Kier molecular flexibility index (Phi) is 4.89. The summed E-state index contributed by atoms with van der Waals surface area (Å²) >= 11 is 1.88. The molecule has 1 fully saturated rings. The number of amides is 2. The van der Waals surface area contributed by atoms with E-state index in [0.29, 0.717) is 13.2 Å². The highest BCUT2D eigenvalue weighted by molar-refractivity contribution is 7.99. The average Bonchev–Trinajstić information content (AvgIpc) is 2.85. The number of hydrogen-bond acceptors (Lipinski definition) is 4. The van der Waals surface area contributed by atoms with E-state index in [1.165, 1.54) is 0 Å². The number of nitrogens with zero attached hydrogens (tertiary/aromatic N) is 3. The van der Waals surface area contributed by atoms with Gasteiger partial charge in [-0.1, -0.05) is 0 Å². The number of ether oxygens (including phenoxy) is 1. The minimum atomic E-state index is -0.0402. The molecule has 7 heteroatoms. The molecule has 0 saturated carbocycles. The Morgan fingerprint density at radius 1 is 1.56 bits per heavy atom. The monoisotopic (exact) mass is 270 g/mol. The lowest BCUT2D eigenvalue weighted by Gasteiger charge is -2.26. The minimum absolute atomic E-state index is 0.0402. The second-order valence-electron chi connectivity index (χ2n) is 4.01. The van der Waals surface area contributed by atoms with Crippen molar-refractivity contribution in [3.05, 3.63) is 12.4 Å². The molecule has 0 aromatic carbocycles. The quantitative estimate of drug-likeness (QED) is 0.890. The molecule has 0 unspecified atom stereocenters. The second kappa shape index (κ2) is 6.65. The van der Waals surface area contributed by atoms with Crippen LogP contribution in [0, 0.1) is 0 Å². The summed E-state index contributed by atoms with van der Waals surface area (Å²) in [7, 11) is 1.65. The molecule has 2 rings (SSSR count). The summed E-state index contributed by atoms with van der Waals surface area (Å²) in [4.78, 5) is 13.8. The molecular weight excluding hydrogens is 252 g/mol. The van der Waals surface area contributed by atoms with Crippen LogP contribution in [0.2, 0.25) is 0 Å². The van der Waals surface area contributed by atoms with Crippen molar-refractivity contribution < 1.29 is 9.53 Å². The van der Waals surface area contributed by atoms with Gasteiger partial charge in [0.2, 0.25) is 0 Å². The molecule has 1 saturated heterocycles. The van der Waals surface area contributed by atoms with Gasteiger partial charge in [0, 0.05) is 37.9 Å². The van der Waals surface area contributed by atoms with Gasteiger partial charge in [-0.05, 0) is 0 Å². The standard InChI is InChI=1S/C11H18N4O2S/c1-17-5-2-15-9-10(8-12-15)13-11(16)14-3-6-18-7-4-14/h8-9H,2-7H2,1H3,(H,13,16). The Hall–Kier alpha value is -1.21. The van der Waals surface area contributed by atoms with Crippen LogP contribution in [0.1, 0.15) is 0 Å². The van der Waals surface area contributed by atoms with E-state index in [-0.39, 0.29) is 6.03 Å². The molecule has 6 nitrogen and oxygen atoms in total.